The van der Waals surface area contributed by atoms with Crippen molar-refractivity contribution in [3.8, 4) is 11.5 Å². The van der Waals surface area contributed by atoms with Gasteiger partial charge in [-0.25, -0.2) is 0 Å². The Bertz CT molecular complexity index is 665. The van der Waals surface area contributed by atoms with Crippen molar-refractivity contribution in [3.63, 3.8) is 0 Å². The molecular formula is C18H24N4O2. The summed E-state index contributed by atoms with van der Waals surface area (Å²) in [7, 11) is 5.44. The van der Waals surface area contributed by atoms with Gasteiger partial charge in [0.2, 0.25) is 0 Å². The maximum absolute atomic E-state index is 5.49. The molecule has 1 fully saturated rings. The molecular weight excluding hydrogens is 304 g/mol. The van der Waals surface area contributed by atoms with Crippen LogP contribution in [0.15, 0.2) is 36.8 Å². The van der Waals surface area contributed by atoms with Crippen LogP contribution in [0.25, 0.3) is 0 Å². The third-order valence-electron chi connectivity index (χ3n) is 4.58. The van der Waals surface area contributed by atoms with E-state index in [1.165, 1.54) is 5.69 Å². The van der Waals surface area contributed by atoms with E-state index in [0.717, 1.165) is 43.2 Å². The first-order valence-corrected chi connectivity index (χ1v) is 8.14. The van der Waals surface area contributed by atoms with Crippen molar-refractivity contribution in [2.45, 2.75) is 19.0 Å². The second-order valence-corrected chi connectivity index (χ2v) is 6.00. The van der Waals surface area contributed by atoms with Crippen molar-refractivity contribution >= 4 is 5.69 Å². The van der Waals surface area contributed by atoms with Gasteiger partial charge in [0.15, 0.2) is 11.5 Å². The summed E-state index contributed by atoms with van der Waals surface area (Å²) in [5, 5.41) is 0. The molecule has 6 nitrogen and oxygen atoms in total. The molecule has 2 aromatic rings. The van der Waals surface area contributed by atoms with Gasteiger partial charge in [-0.2, -0.15) is 0 Å². The highest BCUT2D eigenvalue weighted by Crippen LogP contribution is 2.30. The highest BCUT2D eigenvalue weighted by Gasteiger charge is 2.27. The van der Waals surface area contributed by atoms with Crippen LogP contribution in [0.3, 0.4) is 0 Å². The van der Waals surface area contributed by atoms with Gasteiger partial charge < -0.3 is 14.4 Å². The number of nitrogens with zero attached hydrogens (tertiary/aromatic N) is 4. The predicted octanol–water partition coefficient (Wildman–Crippen LogP) is 2.20. The summed E-state index contributed by atoms with van der Waals surface area (Å²) in [4.78, 5) is 13.3. The lowest BCUT2D eigenvalue weighted by molar-refractivity contribution is 0.241. The molecule has 1 aliphatic heterocycles. The van der Waals surface area contributed by atoms with Crippen molar-refractivity contribution in [2.75, 3.05) is 39.3 Å². The van der Waals surface area contributed by atoms with E-state index in [4.69, 9.17) is 9.47 Å². The quantitative estimate of drug-likeness (QED) is 0.810. The Kier molecular flexibility index (Phi) is 5.15. The fraction of sp³-hybridized carbons (Fsp3) is 0.444. The summed E-state index contributed by atoms with van der Waals surface area (Å²) in [5.74, 6) is 1.44. The van der Waals surface area contributed by atoms with E-state index >= 15 is 0 Å². The molecule has 0 spiro atoms. The Labute approximate surface area is 143 Å². The smallest absolute Gasteiger partial charge is 0.183 e. The molecule has 1 unspecified atom stereocenters. The molecule has 24 heavy (non-hydrogen) atoms. The van der Waals surface area contributed by atoms with Crippen LogP contribution in [0.1, 0.15) is 12.1 Å². The van der Waals surface area contributed by atoms with E-state index in [0.29, 0.717) is 6.04 Å². The number of hydrogen-bond acceptors (Lipinski definition) is 6. The molecule has 1 atom stereocenters. The number of rotatable bonds is 6. The Morgan fingerprint density at radius 1 is 1.17 bits per heavy atom. The lowest BCUT2D eigenvalue weighted by atomic mass is 10.2. The molecule has 2 aromatic heterocycles. The van der Waals surface area contributed by atoms with Gasteiger partial charge in [0.1, 0.15) is 5.69 Å². The maximum atomic E-state index is 5.49. The molecule has 3 rings (SSSR count). The molecule has 3 heterocycles. The second-order valence-electron chi connectivity index (χ2n) is 6.00. The van der Waals surface area contributed by atoms with Gasteiger partial charge in [-0.15, -0.1) is 0 Å². The van der Waals surface area contributed by atoms with Gasteiger partial charge in [0.25, 0.3) is 0 Å². The van der Waals surface area contributed by atoms with Crippen LogP contribution >= 0.6 is 0 Å². The normalized spacial score (nSPS) is 17.3. The number of likely N-dealkylation sites (N-methyl/N-ethyl adjacent to an activating group) is 1. The minimum Gasteiger partial charge on any atom is -0.493 e. The first kappa shape index (κ1) is 16.5. The van der Waals surface area contributed by atoms with Crippen molar-refractivity contribution in [3.05, 3.63) is 42.5 Å². The van der Waals surface area contributed by atoms with Crippen LogP contribution in [-0.2, 0) is 6.54 Å². The molecule has 0 radical (unpaired) electrons. The third kappa shape index (κ3) is 3.43. The number of aromatic nitrogens is 2. The standard InChI is InChI=1S/C18H24N4O2/c1-21(13-16-18(24-3)17(23-2)6-10-20-16)15-7-11-22(12-15)14-4-8-19-9-5-14/h4-6,8-10,15H,7,11-13H2,1-3H3. The summed E-state index contributed by atoms with van der Waals surface area (Å²) in [6, 6.07) is 6.43. The number of ether oxygens (including phenoxy) is 2. The van der Waals surface area contributed by atoms with Crippen molar-refractivity contribution in [1.82, 2.24) is 14.9 Å². The van der Waals surface area contributed by atoms with Gasteiger partial charge in [0, 0.05) is 56.0 Å². The highest BCUT2D eigenvalue weighted by atomic mass is 16.5. The van der Waals surface area contributed by atoms with Gasteiger partial charge in [-0.1, -0.05) is 0 Å². The zero-order valence-corrected chi connectivity index (χ0v) is 14.5. The lowest BCUT2D eigenvalue weighted by Crippen LogP contribution is -2.34. The van der Waals surface area contributed by atoms with E-state index in [1.54, 1.807) is 20.4 Å². The maximum Gasteiger partial charge on any atom is 0.183 e. The van der Waals surface area contributed by atoms with Crippen LogP contribution < -0.4 is 14.4 Å². The molecule has 0 N–H and O–H groups in total. The topological polar surface area (TPSA) is 50.7 Å². The summed E-state index contributed by atoms with van der Waals surface area (Å²) >= 11 is 0. The van der Waals surface area contributed by atoms with E-state index in [2.05, 4.69) is 38.9 Å². The lowest BCUT2D eigenvalue weighted by Gasteiger charge is -2.25. The molecule has 0 aliphatic carbocycles. The Morgan fingerprint density at radius 2 is 1.96 bits per heavy atom. The first-order chi connectivity index (χ1) is 11.7. The van der Waals surface area contributed by atoms with Gasteiger partial charge in [0.05, 0.1) is 14.2 Å². The summed E-state index contributed by atoms with van der Waals surface area (Å²) in [5.41, 5.74) is 2.14. The highest BCUT2D eigenvalue weighted by molar-refractivity contribution is 5.46. The minimum absolute atomic E-state index is 0.482. The van der Waals surface area contributed by atoms with E-state index in [1.807, 2.05) is 18.5 Å². The predicted molar refractivity (Wildman–Crippen MR) is 93.7 cm³/mol. The summed E-state index contributed by atoms with van der Waals surface area (Å²) in [6.45, 7) is 2.80. The van der Waals surface area contributed by atoms with Crippen LogP contribution in [0.2, 0.25) is 0 Å². The van der Waals surface area contributed by atoms with Gasteiger partial charge >= 0.3 is 0 Å². The number of hydrogen-bond donors (Lipinski definition) is 0. The number of methoxy groups -OCH3 is 2. The van der Waals surface area contributed by atoms with Crippen molar-refractivity contribution in [1.29, 1.82) is 0 Å². The number of pyridine rings is 2. The molecule has 0 saturated carbocycles. The van der Waals surface area contributed by atoms with Gasteiger partial charge in [-0.05, 0) is 25.6 Å². The van der Waals surface area contributed by atoms with Crippen LogP contribution in [-0.4, -0.2) is 55.3 Å². The Balaban J connectivity index is 1.67. The molecule has 0 amide bonds. The van der Waals surface area contributed by atoms with Gasteiger partial charge in [-0.3, -0.25) is 14.9 Å². The monoisotopic (exact) mass is 328 g/mol. The van der Waals surface area contributed by atoms with E-state index in [9.17, 15) is 0 Å². The molecule has 0 aromatic carbocycles. The summed E-state index contributed by atoms with van der Waals surface area (Å²) in [6.07, 6.45) is 6.59. The second kappa shape index (κ2) is 7.49. The molecule has 6 heteroatoms. The molecule has 128 valence electrons. The zero-order valence-electron chi connectivity index (χ0n) is 14.5. The minimum atomic E-state index is 0.482. The largest absolute Gasteiger partial charge is 0.493 e. The van der Waals surface area contributed by atoms with E-state index < -0.39 is 0 Å². The Hall–Kier alpha value is -2.34. The average Bonchev–Trinajstić information content (AvgIpc) is 3.12. The van der Waals surface area contributed by atoms with Crippen LogP contribution in [0.5, 0.6) is 11.5 Å². The Morgan fingerprint density at radius 3 is 2.67 bits per heavy atom. The SMILES string of the molecule is COc1ccnc(CN(C)C2CCN(c3ccncc3)C2)c1OC. The first-order valence-electron chi connectivity index (χ1n) is 8.14. The van der Waals surface area contributed by atoms with Crippen molar-refractivity contribution < 1.29 is 9.47 Å². The fourth-order valence-electron chi connectivity index (χ4n) is 3.22. The van der Waals surface area contributed by atoms with E-state index in [-0.39, 0.29) is 0 Å². The van der Waals surface area contributed by atoms with Crippen LogP contribution in [0.4, 0.5) is 5.69 Å². The van der Waals surface area contributed by atoms with Crippen LogP contribution in [0, 0.1) is 0 Å². The fourth-order valence-corrected chi connectivity index (χ4v) is 3.22. The number of anilines is 1. The molecule has 1 aliphatic rings. The summed E-state index contributed by atoms with van der Waals surface area (Å²) < 4.78 is 10.9. The third-order valence-corrected chi connectivity index (χ3v) is 4.58. The zero-order chi connectivity index (χ0) is 16.9. The van der Waals surface area contributed by atoms with Crippen molar-refractivity contribution in [2.24, 2.45) is 0 Å². The molecule has 1 saturated heterocycles. The average molecular weight is 328 g/mol. The molecule has 0 bridgehead atoms.